The van der Waals surface area contributed by atoms with Gasteiger partial charge in [-0.3, -0.25) is 9.59 Å². The van der Waals surface area contributed by atoms with Crippen LogP contribution in [-0.2, 0) is 20.9 Å². The van der Waals surface area contributed by atoms with E-state index in [9.17, 15) is 14.7 Å². The van der Waals surface area contributed by atoms with Gasteiger partial charge in [0.05, 0.1) is 25.3 Å². The third kappa shape index (κ3) is 5.58. The molecule has 1 aliphatic rings. The molecule has 7 heteroatoms. The number of methoxy groups -OCH3 is 2. The number of hydrogen-bond acceptors (Lipinski definition) is 6. The maximum Gasteiger partial charge on any atom is 0.295 e. The number of Topliss-reactive ketones (excluding diaryl/α,β-unsaturated/α-hetero) is 1. The van der Waals surface area contributed by atoms with Crippen molar-refractivity contribution in [3.05, 3.63) is 101 Å². The van der Waals surface area contributed by atoms with Crippen LogP contribution in [0, 0.1) is 0 Å². The Labute approximate surface area is 223 Å². The fourth-order valence-corrected chi connectivity index (χ4v) is 4.62. The number of benzene rings is 3. The zero-order valence-electron chi connectivity index (χ0n) is 22.1. The largest absolute Gasteiger partial charge is 0.507 e. The lowest BCUT2D eigenvalue weighted by atomic mass is 9.93. The molecule has 3 aromatic carbocycles. The summed E-state index contributed by atoms with van der Waals surface area (Å²) >= 11 is 0. The molecular formula is C31H33NO6. The van der Waals surface area contributed by atoms with E-state index in [0.29, 0.717) is 29.2 Å². The summed E-state index contributed by atoms with van der Waals surface area (Å²) in [6, 6.07) is 21.6. The minimum atomic E-state index is -0.766. The van der Waals surface area contributed by atoms with Crippen molar-refractivity contribution in [1.29, 1.82) is 0 Å². The predicted molar refractivity (Wildman–Crippen MR) is 145 cm³/mol. The number of carbonyl (C=O) groups excluding carboxylic acids is 2. The van der Waals surface area contributed by atoms with Crippen LogP contribution in [0.3, 0.4) is 0 Å². The standard InChI is InChI=1S/C31H33NO6/c1-20(2)25-18-23(12-15-26(25)37-4)29(33)27-28(32(16-17-36-3)31(35)30(27)34)22-10-13-24(14-11-22)38-19-21-8-6-5-7-9-21/h5-15,18,20,28,33H,16-17,19H2,1-4H3/b29-27-. The molecule has 0 aromatic heterocycles. The van der Waals surface area contributed by atoms with E-state index < -0.39 is 17.7 Å². The summed E-state index contributed by atoms with van der Waals surface area (Å²) < 4.78 is 16.6. The van der Waals surface area contributed by atoms with Crippen molar-refractivity contribution in [3.63, 3.8) is 0 Å². The maximum atomic E-state index is 13.2. The van der Waals surface area contributed by atoms with E-state index >= 15 is 0 Å². The van der Waals surface area contributed by atoms with Gasteiger partial charge in [0, 0.05) is 19.2 Å². The highest BCUT2D eigenvalue weighted by Crippen LogP contribution is 2.40. The number of rotatable bonds is 10. The van der Waals surface area contributed by atoms with Gasteiger partial charge in [0.2, 0.25) is 0 Å². The summed E-state index contributed by atoms with van der Waals surface area (Å²) in [7, 11) is 3.13. The zero-order chi connectivity index (χ0) is 27.2. The van der Waals surface area contributed by atoms with E-state index in [1.54, 1.807) is 37.4 Å². The van der Waals surface area contributed by atoms with E-state index in [1.807, 2.05) is 56.3 Å². The molecule has 1 atom stereocenters. The molecule has 0 bridgehead atoms. The fourth-order valence-electron chi connectivity index (χ4n) is 4.62. The van der Waals surface area contributed by atoms with Gasteiger partial charge >= 0.3 is 0 Å². The first kappa shape index (κ1) is 26.9. The number of likely N-dealkylation sites (tertiary alicyclic amines) is 1. The number of hydrogen-bond donors (Lipinski definition) is 1. The summed E-state index contributed by atoms with van der Waals surface area (Å²) in [5, 5.41) is 11.4. The van der Waals surface area contributed by atoms with Gasteiger partial charge in [-0.25, -0.2) is 0 Å². The van der Waals surface area contributed by atoms with Crippen LogP contribution in [0.4, 0.5) is 0 Å². The average molecular weight is 516 g/mol. The van der Waals surface area contributed by atoms with E-state index in [0.717, 1.165) is 11.1 Å². The average Bonchev–Trinajstić information content (AvgIpc) is 3.19. The lowest BCUT2D eigenvalue weighted by molar-refractivity contribution is -0.140. The number of aliphatic hydroxyl groups excluding tert-OH is 1. The van der Waals surface area contributed by atoms with Crippen LogP contribution in [0.1, 0.15) is 48.1 Å². The Bertz CT molecular complexity index is 1310. The molecular weight excluding hydrogens is 482 g/mol. The summed E-state index contributed by atoms with van der Waals surface area (Å²) in [5.41, 5.74) is 3.12. The van der Waals surface area contributed by atoms with E-state index in [4.69, 9.17) is 14.2 Å². The van der Waals surface area contributed by atoms with Gasteiger partial charge in [0.25, 0.3) is 11.7 Å². The third-order valence-corrected chi connectivity index (χ3v) is 6.65. The van der Waals surface area contributed by atoms with Crippen LogP contribution in [0.25, 0.3) is 5.76 Å². The van der Waals surface area contributed by atoms with Crippen molar-refractivity contribution in [2.45, 2.75) is 32.4 Å². The molecule has 1 amide bonds. The second kappa shape index (κ2) is 12.0. The van der Waals surface area contributed by atoms with Crippen molar-refractivity contribution in [3.8, 4) is 11.5 Å². The van der Waals surface area contributed by atoms with Gasteiger partial charge in [0.1, 0.15) is 23.9 Å². The molecule has 0 aliphatic carbocycles. The first-order valence-electron chi connectivity index (χ1n) is 12.6. The molecule has 3 aromatic rings. The van der Waals surface area contributed by atoms with Crippen LogP contribution >= 0.6 is 0 Å². The quantitative estimate of drug-likeness (QED) is 0.219. The summed E-state index contributed by atoms with van der Waals surface area (Å²) in [5.74, 6) is -0.142. The zero-order valence-corrected chi connectivity index (χ0v) is 22.1. The van der Waals surface area contributed by atoms with E-state index in [-0.39, 0.29) is 30.4 Å². The molecule has 198 valence electrons. The molecule has 0 saturated carbocycles. The highest BCUT2D eigenvalue weighted by Gasteiger charge is 2.45. The Balaban J connectivity index is 1.72. The SMILES string of the molecule is COCCN1C(=O)C(=O)/C(=C(\O)c2ccc(OC)c(C(C)C)c2)C1c1ccc(OCc2ccccc2)cc1. The smallest absolute Gasteiger partial charge is 0.295 e. The second-order valence-electron chi connectivity index (χ2n) is 9.44. The minimum Gasteiger partial charge on any atom is -0.507 e. The lowest BCUT2D eigenvalue weighted by Gasteiger charge is -2.25. The lowest BCUT2D eigenvalue weighted by Crippen LogP contribution is -2.32. The number of aliphatic hydroxyl groups is 1. The maximum absolute atomic E-state index is 13.2. The van der Waals surface area contributed by atoms with Gasteiger partial charge in [-0.2, -0.15) is 0 Å². The van der Waals surface area contributed by atoms with Crippen LogP contribution in [0.5, 0.6) is 11.5 Å². The van der Waals surface area contributed by atoms with Gasteiger partial charge < -0.3 is 24.2 Å². The highest BCUT2D eigenvalue weighted by atomic mass is 16.5. The van der Waals surface area contributed by atoms with Crippen molar-refractivity contribution >= 4 is 17.4 Å². The molecule has 1 fully saturated rings. The Kier molecular flexibility index (Phi) is 8.48. The van der Waals surface area contributed by atoms with Crippen molar-refractivity contribution in [1.82, 2.24) is 4.90 Å². The molecule has 1 N–H and O–H groups in total. The molecule has 4 rings (SSSR count). The molecule has 1 aliphatic heterocycles. The molecule has 38 heavy (non-hydrogen) atoms. The Morgan fingerprint density at radius 1 is 0.974 bits per heavy atom. The second-order valence-corrected chi connectivity index (χ2v) is 9.44. The molecule has 1 heterocycles. The van der Waals surface area contributed by atoms with Crippen LogP contribution < -0.4 is 9.47 Å². The van der Waals surface area contributed by atoms with Gasteiger partial charge in [-0.1, -0.05) is 56.3 Å². The topological polar surface area (TPSA) is 85.3 Å². The van der Waals surface area contributed by atoms with Crippen molar-refractivity contribution in [2.75, 3.05) is 27.4 Å². The van der Waals surface area contributed by atoms with Crippen molar-refractivity contribution < 1.29 is 28.9 Å². The monoisotopic (exact) mass is 515 g/mol. The summed E-state index contributed by atoms with van der Waals surface area (Å²) in [4.78, 5) is 27.8. The van der Waals surface area contributed by atoms with Gasteiger partial charge in [-0.05, 0) is 52.9 Å². The molecule has 1 saturated heterocycles. The predicted octanol–water partition coefficient (Wildman–Crippen LogP) is 5.47. The number of nitrogens with zero attached hydrogens (tertiary/aromatic N) is 1. The Morgan fingerprint density at radius 3 is 2.32 bits per heavy atom. The normalized spacial score (nSPS) is 16.8. The Hall–Kier alpha value is -4.10. The number of amides is 1. The molecule has 0 radical (unpaired) electrons. The van der Waals surface area contributed by atoms with Gasteiger partial charge in [0.15, 0.2) is 0 Å². The van der Waals surface area contributed by atoms with E-state index in [1.165, 1.54) is 12.0 Å². The summed E-state index contributed by atoms with van der Waals surface area (Å²) in [6.07, 6.45) is 0. The fraction of sp³-hybridized carbons (Fsp3) is 0.290. The van der Waals surface area contributed by atoms with Crippen molar-refractivity contribution in [2.24, 2.45) is 0 Å². The van der Waals surface area contributed by atoms with Crippen LogP contribution in [0.2, 0.25) is 0 Å². The highest BCUT2D eigenvalue weighted by molar-refractivity contribution is 6.46. The first-order valence-corrected chi connectivity index (χ1v) is 12.6. The van der Waals surface area contributed by atoms with E-state index in [2.05, 4.69) is 0 Å². The molecule has 7 nitrogen and oxygen atoms in total. The molecule has 0 spiro atoms. The minimum absolute atomic E-state index is 0.0453. The molecule has 1 unspecified atom stereocenters. The number of carbonyl (C=O) groups is 2. The number of ether oxygens (including phenoxy) is 3. The summed E-state index contributed by atoms with van der Waals surface area (Å²) in [6.45, 7) is 4.91. The third-order valence-electron chi connectivity index (χ3n) is 6.65. The Morgan fingerprint density at radius 2 is 1.68 bits per heavy atom. The first-order chi connectivity index (χ1) is 18.3. The van der Waals surface area contributed by atoms with Gasteiger partial charge in [-0.15, -0.1) is 0 Å². The van der Waals surface area contributed by atoms with Crippen LogP contribution in [-0.4, -0.2) is 49.1 Å². The number of ketones is 1. The van der Waals surface area contributed by atoms with Crippen LogP contribution in [0.15, 0.2) is 78.4 Å².